The summed E-state index contributed by atoms with van der Waals surface area (Å²) in [7, 11) is 0. The molecule has 1 heterocycles. The minimum absolute atomic E-state index is 0.131. The van der Waals surface area contributed by atoms with Gasteiger partial charge in [0.25, 0.3) is 5.91 Å². The van der Waals surface area contributed by atoms with E-state index in [9.17, 15) is 14.4 Å². The molecule has 1 aliphatic carbocycles. The van der Waals surface area contributed by atoms with Gasteiger partial charge < -0.3 is 10.1 Å². The van der Waals surface area contributed by atoms with Crippen LogP contribution in [0.5, 0.6) is 0 Å². The highest BCUT2D eigenvalue weighted by atomic mass is 32.1. The third kappa shape index (κ3) is 6.02. The van der Waals surface area contributed by atoms with Crippen molar-refractivity contribution in [2.75, 3.05) is 0 Å². The third-order valence-electron chi connectivity index (χ3n) is 3.76. The molecular formula is C16H22N2O4S. The summed E-state index contributed by atoms with van der Waals surface area (Å²) in [5.74, 6) is -1.05. The Morgan fingerprint density at radius 2 is 2.09 bits per heavy atom. The van der Waals surface area contributed by atoms with Crippen LogP contribution in [-0.2, 0) is 20.7 Å². The van der Waals surface area contributed by atoms with Crippen LogP contribution in [0.25, 0.3) is 0 Å². The van der Waals surface area contributed by atoms with Crippen molar-refractivity contribution in [3.8, 4) is 0 Å². The van der Waals surface area contributed by atoms with E-state index in [0.29, 0.717) is 6.42 Å². The van der Waals surface area contributed by atoms with E-state index in [2.05, 4.69) is 10.6 Å². The molecule has 1 saturated carbocycles. The van der Waals surface area contributed by atoms with Gasteiger partial charge in [0, 0.05) is 10.9 Å². The average molecular weight is 338 g/mol. The third-order valence-corrected chi connectivity index (χ3v) is 4.70. The molecule has 126 valence electrons. The Balaban J connectivity index is 1.66. The summed E-state index contributed by atoms with van der Waals surface area (Å²) < 4.78 is 5.05. The zero-order valence-corrected chi connectivity index (χ0v) is 14.0. The molecule has 1 aromatic heterocycles. The number of urea groups is 1. The Kier molecular flexibility index (Phi) is 6.58. The van der Waals surface area contributed by atoms with Gasteiger partial charge in [-0.3, -0.25) is 14.9 Å². The molecule has 0 aliphatic heterocycles. The lowest BCUT2D eigenvalue weighted by atomic mass is 10.2. The lowest BCUT2D eigenvalue weighted by Gasteiger charge is -2.15. The lowest BCUT2D eigenvalue weighted by molar-refractivity contribution is -0.154. The summed E-state index contributed by atoms with van der Waals surface area (Å²) in [6.45, 7) is 1.46. The maximum Gasteiger partial charge on any atom is 0.321 e. The predicted molar refractivity (Wildman–Crippen MR) is 87.1 cm³/mol. The molecule has 0 aromatic carbocycles. The molecule has 0 spiro atoms. The fourth-order valence-corrected chi connectivity index (χ4v) is 3.20. The van der Waals surface area contributed by atoms with Crippen LogP contribution in [0.4, 0.5) is 4.79 Å². The van der Waals surface area contributed by atoms with E-state index in [-0.39, 0.29) is 12.5 Å². The van der Waals surface area contributed by atoms with E-state index < -0.39 is 24.0 Å². The van der Waals surface area contributed by atoms with Crippen molar-refractivity contribution < 1.29 is 19.1 Å². The largest absolute Gasteiger partial charge is 0.453 e. The first-order chi connectivity index (χ1) is 11.0. The van der Waals surface area contributed by atoms with Crippen molar-refractivity contribution in [1.82, 2.24) is 10.6 Å². The number of aryl methyl sites for hydroxylation is 1. The maximum absolute atomic E-state index is 11.8. The quantitative estimate of drug-likeness (QED) is 0.780. The zero-order chi connectivity index (χ0) is 16.7. The monoisotopic (exact) mass is 338 g/mol. The summed E-state index contributed by atoms with van der Waals surface area (Å²) in [5.41, 5.74) is 0. The van der Waals surface area contributed by atoms with E-state index in [1.54, 1.807) is 11.3 Å². The van der Waals surface area contributed by atoms with Gasteiger partial charge in [-0.2, -0.15) is 0 Å². The minimum Gasteiger partial charge on any atom is -0.453 e. The fraction of sp³-hybridized carbons (Fsp3) is 0.562. The van der Waals surface area contributed by atoms with E-state index in [0.717, 1.165) is 30.6 Å². The summed E-state index contributed by atoms with van der Waals surface area (Å²) in [6.07, 6.45) is 3.89. The van der Waals surface area contributed by atoms with Gasteiger partial charge in [-0.1, -0.05) is 18.9 Å². The summed E-state index contributed by atoms with van der Waals surface area (Å²) in [4.78, 5) is 36.4. The van der Waals surface area contributed by atoms with Crippen LogP contribution < -0.4 is 10.6 Å². The Bertz CT molecular complexity index is 538. The highest BCUT2D eigenvalue weighted by Crippen LogP contribution is 2.17. The molecule has 3 amide bonds. The Labute approximate surface area is 139 Å². The Morgan fingerprint density at radius 3 is 2.74 bits per heavy atom. The van der Waals surface area contributed by atoms with Crippen LogP contribution in [-0.4, -0.2) is 30.1 Å². The second kappa shape index (κ2) is 8.67. The van der Waals surface area contributed by atoms with Crippen molar-refractivity contribution in [3.05, 3.63) is 22.4 Å². The van der Waals surface area contributed by atoms with Crippen molar-refractivity contribution in [2.24, 2.45) is 0 Å². The number of carbonyl (C=O) groups excluding carboxylic acids is 3. The predicted octanol–water partition coefficient (Wildman–Crippen LogP) is 2.38. The summed E-state index contributed by atoms with van der Waals surface area (Å²) >= 11 is 1.57. The van der Waals surface area contributed by atoms with Gasteiger partial charge in [0.05, 0.1) is 6.42 Å². The zero-order valence-electron chi connectivity index (χ0n) is 13.2. The van der Waals surface area contributed by atoms with Crippen LogP contribution in [0, 0.1) is 0 Å². The van der Waals surface area contributed by atoms with E-state index in [1.165, 1.54) is 6.92 Å². The number of imide groups is 1. The normalized spacial score (nSPS) is 15.9. The number of esters is 1. The first-order valence-corrected chi connectivity index (χ1v) is 8.76. The Hall–Kier alpha value is -1.89. The van der Waals surface area contributed by atoms with Gasteiger partial charge in [0.2, 0.25) is 0 Å². The molecule has 7 heteroatoms. The molecule has 2 rings (SSSR count). The van der Waals surface area contributed by atoms with Crippen LogP contribution in [0.3, 0.4) is 0 Å². The molecule has 1 fully saturated rings. The van der Waals surface area contributed by atoms with E-state index >= 15 is 0 Å². The first-order valence-electron chi connectivity index (χ1n) is 7.88. The Morgan fingerprint density at radius 1 is 1.35 bits per heavy atom. The van der Waals surface area contributed by atoms with E-state index in [4.69, 9.17) is 4.74 Å². The number of hydrogen-bond donors (Lipinski definition) is 2. The highest BCUT2D eigenvalue weighted by Gasteiger charge is 2.22. The van der Waals surface area contributed by atoms with E-state index in [1.807, 2.05) is 17.5 Å². The number of thiophene rings is 1. The van der Waals surface area contributed by atoms with Crippen molar-refractivity contribution in [3.63, 3.8) is 0 Å². The van der Waals surface area contributed by atoms with Gasteiger partial charge in [0.15, 0.2) is 6.10 Å². The van der Waals surface area contributed by atoms with Gasteiger partial charge >= 0.3 is 12.0 Å². The molecule has 0 bridgehead atoms. The number of hydrogen-bond acceptors (Lipinski definition) is 5. The minimum atomic E-state index is -0.986. The number of ether oxygens (including phenoxy) is 1. The summed E-state index contributed by atoms with van der Waals surface area (Å²) in [6, 6.07) is 3.47. The van der Waals surface area contributed by atoms with Crippen molar-refractivity contribution in [2.45, 2.75) is 57.6 Å². The van der Waals surface area contributed by atoms with Gasteiger partial charge in [-0.05, 0) is 37.6 Å². The molecule has 1 aromatic rings. The van der Waals surface area contributed by atoms with Crippen molar-refractivity contribution in [1.29, 1.82) is 0 Å². The standard InChI is InChI=1S/C16H22N2O4S/c1-11(22-14(19)9-8-13-7-4-10-23-13)15(20)18-16(21)17-12-5-2-3-6-12/h4,7,10-12H,2-3,5-6,8-9H2,1H3,(H2,17,18,20,21)/t11-/m1/s1. The van der Waals surface area contributed by atoms with Crippen LogP contribution >= 0.6 is 11.3 Å². The molecule has 1 aliphatic rings. The molecule has 1 atom stereocenters. The maximum atomic E-state index is 11.8. The summed E-state index contributed by atoms with van der Waals surface area (Å²) in [5, 5.41) is 6.91. The molecule has 0 radical (unpaired) electrons. The average Bonchev–Trinajstić information content (AvgIpc) is 3.18. The second-order valence-electron chi connectivity index (χ2n) is 5.66. The molecule has 2 N–H and O–H groups in total. The topological polar surface area (TPSA) is 84.5 Å². The molecule has 6 nitrogen and oxygen atoms in total. The number of amides is 3. The number of carbonyl (C=O) groups is 3. The fourth-order valence-electron chi connectivity index (χ4n) is 2.49. The van der Waals surface area contributed by atoms with Crippen LogP contribution in [0.2, 0.25) is 0 Å². The van der Waals surface area contributed by atoms with Crippen molar-refractivity contribution >= 4 is 29.2 Å². The molecular weight excluding hydrogens is 316 g/mol. The van der Waals surface area contributed by atoms with Crippen LogP contribution in [0.1, 0.15) is 43.9 Å². The van der Waals surface area contributed by atoms with Gasteiger partial charge in [-0.15, -0.1) is 11.3 Å². The highest BCUT2D eigenvalue weighted by molar-refractivity contribution is 7.09. The van der Waals surface area contributed by atoms with Crippen LogP contribution in [0.15, 0.2) is 17.5 Å². The van der Waals surface area contributed by atoms with Gasteiger partial charge in [-0.25, -0.2) is 4.79 Å². The number of nitrogens with one attached hydrogen (secondary N) is 2. The van der Waals surface area contributed by atoms with Gasteiger partial charge in [0.1, 0.15) is 0 Å². The smallest absolute Gasteiger partial charge is 0.321 e. The lowest BCUT2D eigenvalue weighted by Crippen LogP contribution is -2.47. The first kappa shape index (κ1) is 17.5. The second-order valence-corrected chi connectivity index (χ2v) is 6.69. The SMILES string of the molecule is C[C@@H](OC(=O)CCc1cccs1)C(=O)NC(=O)NC1CCCC1. The molecule has 0 unspecified atom stereocenters. The molecule has 0 saturated heterocycles. The molecule has 23 heavy (non-hydrogen) atoms. The number of rotatable bonds is 6.